The third-order valence-electron chi connectivity index (χ3n) is 3.65. The zero-order valence-electron chi connectivity index (χ0n) is 12.6. The number of aliphatic hydroxyl groups excluding tert-OH is 1. The summed E-state index contributed by atoms with van der Waals surface area (Å²) in [6, 6.07) is 18.4. The van der Waals surface area contributed by atoms with E-state index in [1.54, 1.807) is 0 Å². The van der Waals surface area contributed by atoms with Crippen LogP contribution in [-0.4, -0.2) is 23.2 Å². The van der Waals surface area contributed by atoms with Crippen LogP contribution in [0.3, 0.4) is 0 Å². The van der Waals surface area contributed by atoms with Gasteiger partial charge in [0.25, 0.3) is 5.91 Å². The second-order valence-electron chi connectivity index (χ2n) is 5.44. The second-order valence-corrected chi connectivity index (χ2v) is 5.44. The van der Waals surface area contributed by atoms with Crippen LogP contribution in [0.4, 0.5) is 0 Å². The van der Waals surface area contributed by atoms with Gasteiger partial charge in [-0.15, -0.1) is 0 Å². The van der Waals surface area contributed by atoms with Gasteiger partial charge in [0, 0.05) is 6.04 Å². The topological polar surface area (TPSA) is 75.3 Å². The van der Waals surface area contributed by atoms with Gasteiger partial charge in [-0.25, -0.2) is 0 Å². The molecule has 2 aromatic rings. The maximum Gasteiger partial charge on any atom is 0.250 e. The summed E-state index contributed by atoms with van der Waals surface area (Å²) in [5, 5.41) is 12.9. The van der Waals surface area contributed by atoms with Crippen molar-refractivity contribution in [3.05, 3.63) is 71.8 Å². The van der Waals surface area contributed by atoms with Crippen molar-refractivity contribution in [2.75, 3.05) is 0 Å². The minimum Gasteiger partial charge on any atom is -0.382 e. The van der Waals surface area contributed by atoms with Gasteiger partial charge in [0.2, 0.25) is 0 Å². The Morgan fingerprint density at radius 1 is 1.09 bits per heavy atom. The second kappa shape index (κ2) is 7.73. The van der Waals surface area contributed by atoms with Gasteiger partial charge in [-0.1, -0.05) is 60.7 Å². The van der Waals surface area contributed by atoms with Crippen LogP contribution in [0.25, 0.3) is 0 Å². The van der Waals surface area contributed by atoms with Crippen molar-refractivity contribution < 1.29 is 9.90 Å². The Morgan fingerprint density at radius 2 is 1.64 bits per heavy atom. The van der Waals surface area contributed by atoms with E-state index in [4.69, 9.17) is 5.73 Å². The molecule has 3 atom stereocenters. The number of aliphatic hydroxyl groups is 1. The first-order valence-corrected chi connectivity index (χ1v) is 7.41. The van der Waals surface area contributed by atoms with E-state index >= 15 is 0 Å². The highest BCUT2D eigenvalue weighted by Crippen LogP contribution is 2.12. The summed E-state index contributed by atoms with van der Waals surface area (Å²) in [5.74, 6) is -0.445. The molecule has 0 saturated heterocycles. The van der Waals surface area contributed by atoms with Gasteiger partial charge in [-0.2, -0.15) is 0 Å². The molecule has 0 bridgehead atoms. The van der Waals surface area contributed by atoms with Crippen molar-refractivity contribution in [2.45, 2.75) is 31.5 Å². The Bertz CT molecular complexity index is 587. The standard InChI is InChI=1S/C18H22N2O2/c1-13(15-10-6-3-7-11-15)20-18(22)17(21)16(19)12-14-8-4-2-5-9-14/h2-11,13,16-17,21H,12,19H2,1H3,(H,20,22). The molecule has 0 aliphatic rings. The summed E-state index contributed by atoms with van der Waals surface area (Å²) < 4.78 is 0. The fourth-order valence-electron chi connectivity index (χ4n) is 2.32. The van der Waals surface area contributed by atoms with E-state index in [0.29, 0.717) is 6.42 Å². The normalized spacial score (nSPS) is 14.9. The molecule has 2 rings (SSSR count). The minimum absolute atomic E-state index is 0.174. The molecule has 116 valence electrons. The summed E-state index contributed by atoms with van der Waals surface area (Å²) in [6.45, 7) is 1.88. The average molecular weight is 298 g/mol. The zero-order chi connectivity index (χ0) is 15.9. The molecule has 0 radical (unpaired) electrons. The zero-order valence-corrected chi connectivity index (χ0v) is 12.6. The number of rotatable bonds is 6. The van der Waals surface area contributed by atoms with E-state index < -0.39 is 18.1 Å². The number of nitrogens with one attached hydrogen (secondary N) is 1. The van der Waals surface area contributed by atoms with Gasteiger partial charge in [0.1, 0.15) is 6.10 Å². The predicted octanol–water partition coefficient (Wildman–Crippen LogP) is 1.79. The molecule has 0 spiro atoms. The van der Waals surface area contributed by atoms with Crippen LogP contribution in [0, 0.1) is 0 Å². The van der Waals surface area contributed by atoms with E-state index in [0.717, 1.165) is 11.1 Å². The van der Waals surface area contributed by atoms with Crippen LogP contribution >= 0.6 is 0 Å². The van der Waals surface area contributed by atoms with Gasteiger partial charge in [0.15, 0.2) is 0 Å². The smallest absolute Gasteiger partial charge is 0.250 e. The van der Waals surface area contributed by atoms with Gasteiger partial charge >= 0.3 is 0 Å². The maximum absolute atomic E-state index is 12.1. The predicted molar refractivity (Wildman–Crippen MR) is 87.1 cm³/mol. The Balaban J connectivity index is 1.91. The van der Waals surface area contributed by atoms with Gasteiger partial charge in [-0.3, -0.25) is 4.79 Å². The molecular formula is C18H22N2O2. The number of amides is 1. The van der Waals surface area contributed by atoms with Crippen LogP contribution in [0.15, 0.2) is 60.7 Å². The van der Waals surface area contributed by atoms with Crippen molar-refractivity contribution in [3.8, 4) is 0 Å². The largest absolute Gasteiger partial charge is 0.382 e. The summed E-state index contributed by atoms with van der Waals surface area (Å²) in [6.07, 6.45) is -0.777. The molecule has 4 nitrogen and oxygen atoms in total. The summed E-state index contributed by atoms with van der Waals surface area (Å²) >= 11 is 0. The Kier molecular flexibility index (Phi) is 5.69. The molecule has 0 aliphatic heterocycles. The Labute approximate surface area is 131 Å². The Morgan fingerprint density at radius 3 is 2.23 bits per heavy atom. The van der Waals surface area contributed by atoms with Crippen molar-refractivity contribution in [1.29, 1.82) is 0 Å². The minimum atomic E-state index is -1.23. The lowest BCUT2D eigenvalue weighted by Gasteiger charge is -2.21. The molecule has 3 unspecified atom stereocenters. The highest BCUT2D eigenvalue weighted by Gasteiger charge is 2.24. The number of nitrogens with two attached hydrogens (primary N) is 1. The fraction of sp³-hybridized carbons (Fsp3) is 0.278. The molecule has 22 heavy (non-hydrogen) atoms. The lowest BCUT2D eigenvalue weighted by Crippen LogP contribution is -2.47. The van der Waals surface area contributed by atoms with Crippen molar-refractivity contribution in [2.24, 2.45) is 5.73 Å². The van der Waals surface area contributed by atoms with Gasteiger partial charge in [-0.05, 0) is 24.5 Å². The van der Waals surface area contributed by atoms with Gasteiger partial charge < -0.3 is 16.2 Å². The first-order chi connectivity index (χ1) is 10.6. The highest BCUT2D eigenvalue weighted by molar-refractivity contribution is 5.81. The van der Waals surface area contributed by atoms with Crippen LogP contribution in [0.5, 0.6) is 0 Å². The average Bonchev–Trinajstić information content (AvgIpc) is 2.55. The molecule has 4 heteroatoms. The number of hydrogen-bond donors (Lipinski definition) is 3. The van der Waals surface area contributed by atoms with Crippen LogP contribution < -0.4 is 11.1 Å². The number of carbonyl (C=O) groups is 1. The van der Waals surface area contributed by atoms with E-state index in [-0.39, 0.29) is 6.04 Å². The lowest BCUT2D eigenvalue weighted by atomic mass is 10.0. The third kappa shape index (κ3) is 4.41. The molecule has 0 saturated carbocycles. The fourth-order valence-corrected chi connectivity index (χ4v) is 2.32. The molecule has 0 heterocycles. The maximum atomic E-state index is 12.1. The van der Waals surface area contributed by atoms with E-state index in [1.165, 1.54) is 0 Å². The summed E-state index contributed by atoms with van der Waals surface area (Å²) in [5.41, 5.74) is 7.94. The van der Waals surface area contributed by atoms with E-state index in [2.05, 4.69) is 5.32 Å². The number of carbonyl (C=O) groups excluding carboxylic acids is 1. The third-order valence-corrected chi connectivity index (χ3v) is 3.65. The molecule has 0 fully saturated rings. The van der Waals surface area contributed by atoms with Crippen molar-refractivity contribution in [3.63, 3.8) is 0 Å². The van der Waals surface area contributed by atoms with Crippen LogP contribution in [0.2, 0.25) is 0 Å². The molecule has 1 amide bonds. The van der Waals surface area contributed by atoms with E-state index in [9.17, 15) is 9.90 Å². The molecular weight excluding hydrogens is 276 g/mol. The molecule has 0 aliphatic carbocycles. The van der Waals surface area contributed by atoms with E-state index in [1.807, 2.05) is 67.6 Å². The van der Waals surface area contributed by atoms with Gasteiger partial charge in [0.05, 0.1) is 6.04 Å². The first kappa shape index (κ1) is 16.2. The highest BCUT2D eigenvalue weighted by atomic mass is 16.3. The molecule has 2 aromatic carbocycles. The van der Waals surface area contributed by atoms with Crippen LogP contribution in [0.1, 0.15) is 24.1 Å². The molecule has 4 N–H and O–H groups in total. The Hall–Kier alpha value is -2.17. The first-order valence-electron chi connectivity index (χ1n) is 7.41. The van der Waals surface area contributed by atoms with Crippen molar-refractivity contribution in [1.82, 2.24) is 5.32 Å². The lowest BCUT2D eigenvalue weighted by molar-refractivity contribution is -0.131. The SMILES string of the molecule is CC(NC(=O)C(O)C(N)Cc1ccccc1)c1ccccc1. The monoisotopic (exact) mass is 298 g/mol. The quantitative estimate of drug-likeness (QED) is 0.761. The summed E-state index contributed by atoms with van der Waals surface area (Å²) in [4.78, 5) is 12.1. The van der Waals surface area contributed by atoms with Crippen molar-refractivity contribution >= 4 is 5.91 Å². The number of hydrogen-bond acceptors (Lipinski definition) is 3. The number of benzene rings is 2. The summed E-state index contributed by atoms with van der Waals surface area (Å²) in [7, 11) is 0. The van der Waals surface area contributed by atoms with Crippen LogP contribution in [-0.2, 0) is 11.2 Å². The molecule has 0 aromatic heterocycles.